The minimum Gasteiger partial charge on any atom is -0.482 e. The van der Waals surface area contributed by atoms with Crippen molar-refractivity contribution in [3.8, 4) is 17.1 Å². The van der Waals surface area contributed by atoms with Gasteiger partial charge in [0, 0.05) is 17.2 Å². The summed E-state index contributed by atoms with van der Waals surface area (Å²) in [6.07, 6.45) is -3.41. The fraction of sp³-hybridized carbons (Fsp3) is 0.0690. The van der Waals surface area contributed by atoms with E-state index in [0.29, 0.717) is 0 Å². The third-order valence-electron chi connectivity index (χ3n) is 5.94. The molecule has 0 N–H and O–H groups in total. The van der Waals surface area contributed by atoms with Crippen LogP contribution in [-0.4, -0.2) is 20.8 Å². The standard InChI is InChI=1S/C29H19F3N4O4/c30-29(31,32)22-10-6-9-21(16-22)27-34-24-12-5-4-11-23(24)28(37)35(27)33-17-20-13-14-26(25(15-20)36(38)39)40-18-19-7-2-1-3-8-19/h1-17H,18H2. The van der Waals surface area contributed by atoms with Crippen molar-refractivity contribution in [3.05, 3.63) is 134 Å². The predicted octanol–water partition coefficient (Wildman–Crippen LogP) is 6.45. The first kappa shape index (κ1) is 26.3. The van der Waals surface area contributed by atoms with Gasteiger partial charge in [-0.3, -0.25) is 14.9 Å². The second-order valence-corrected chi connectivity index (χ2v) is 8.65. The summed E-state index contributed by atoms with van der Waals surface area (Å²) in [4.78, 5) is 28.9. The largest absolute Gasteiger partial charge is 0.482 e. The maximum Gasteiger partial charge on any atom is 0.416 e. The van der Waals surface area contributed by atoms with Crippen molar-refractivity contribution in [2.24, 2.45) is 5.10 Å². The van der Waals surface area contributed by atoms with Crippen LogP contribution in [-0.2, 0) is 12.8 Å². The van der Waals surface area contributed by atoms with Crippen LogP contribution in [0.2, 0.25) is 0 Å². The van der Waals surface area contributed by atoms with Crippen LogP contribution in [0.25, 0.3) is 22.3 Å². The lowest BCUT2D eigenvalue weighted by molar-refractivity contribution is -0.385. The first-order chi connectivity index (χ1) is 19.2. The maximum absolute atomic E-state index is 13.4. The van der Waals surface area contributed by atoms with Crippen LogP contribution in [0.5, 0.6) is 5.75 Å². The van der Waals surface area contributed by atoms with Crippen LogP contribution in [0.4, 0.5) is 18.9 Å². The van der Waals surface area contributed by atoms with Crippen LogP contribution in [0.15, 0.2) is 107 Å². The normalized spacial score (nSPS) is 11.7. The van der Waals surface area contributed by atoms with Crippen LogP contribution in [0.1, 0.15) is 16.7 Å². The summed E-state index contributed by atoms with van der Waals surface area (Å²) < 4.78 is 46.7. The van der Waals surface area contributed by atoms with E-state index in [0.717, 1.165) is 22.4 Å². The quantitative estimate of drug-likeness (QED) is 0.133. The molecule has 8 nitrogen and oxygen atoms in total. The SMILES string of the molecule is O=c1c2ccccc2nc(-c2cccc(C(F)(F)F)c2)n1N=Cc1ccc(OCc2ccccc2)c([N+](=O)[O-])c1. The van der Waals surface area contributed by atoms with E-state index in [1.165, 1.54) is 42.6 Å². The van der Waals surface area contributed by atoms with Crippen LogP contribution in [0, 0.1) is 10.1 Å². The van der Waals surface area contributed by atoms with Crippen molar-refractivity contribution in [2.45, 2.75) is 12.8 Å². The number of hydrogen-bond acceptors (Lipinski definition) is 6. The average molecular weight is 544 g/mol. The van der Waals surface area contributed by atoms with Crippen molar-refractivity contribution < 1.29 is 22.8 Å². The lowest BCUT2D eigenvalue weighted by atomic mass is 10.1. The van der Waals surface area contributed by atoms with Gasteiger partial charge in [0.2, 0.25) is 0 Å². The Hall–Kier alpha value is -5.32. The van der Waals surface area contributed by atoms with Gasteiger partial charge in [-0.2, -0.15) is 22.9 Å². The molecule has 0 saturated carbocycles. The van der Waals surface area contributed by atoms with Gasteiger partial charge in [0.25, 0.3) is 5.56 Å². The molecule has 0 atom stereocenters. The summed E-state index contributed by atoms with van der Waals surface area (Å²) in [5.74, 6) is -0.0800. The maximum atomic E-state index is 13.4. The number of hydrogen-bond donors (Lipinski definition) is 0. The third kappa shape index (κ3) is 5.58. The second-order valence-electron chi connectivity index (χ2n) is 8.65. The molecule has 11 heteroatoms. The van der Waals surface area contributed by atoms with Gasteiger partial charge in [-0.1, -0.05) is 54.6 Å². The highest BCUT2D eigenvalue weighted by Crippen LogP contribution is 2.32. The molecule has 0 radical (unpaired) electrons. The molecule has 5 aromatic rings. The van der Waals surface area contributed by atoms with Gasteiger partial charge in [0.1, 0.15) is 6.61 Å². The van der Waals surface area contributed by atoms with E-state index in [9.17, 15) is 28.1 Å². The summed E-state index contributed by atoms with van der Waals surface area (Å²) in [6, 6.07) is 24.1. The third-order valence-corrected chi connectivity index (χ3v) is 5.94. The lowest BCUT2D eigenvalue weighted by Gasteiger charge is -2.12. The summed E-state index contributed by atoms with van der Waals surface area (Å²) >= 11 is 0. The van der Waals surface area contributed by atoms with Crippen molar-refractivity contribution >= 4 is 22.8 Å². The molecule has 0 aliphatic carbocycles. The first-order valence-corrected chi connectivity index (χ1v) is 11.9. The Balaban J connectivity index is 1.55. The molecule has 4 aromatic carbocycles. The molecule has 0 bridgehead atoms. The number of ether oxygens (including phenoxy) is 1. The molecule has 0 spiro atoms. The highest BCUT2D eigenvalue weighted by molar-refractivity contribution is 5.83. The molecule has 5 rings (SSSR count). The zero-order chi connectivity index (χ0) is 28.3. The zero-order valence-corrected chi connectivity index (χ0v) is 20.6. The van der Waals surface area contributed by atoms with E-state index in [2.05, 4.69) is 10.1 Å². The molecule has 0 saturated heterocycles. The molecule has 1 aromatic heterocycles. The number of nitro benzene ring substituents is 1. The summed E-state index contributed by atoms with van der Waals surface area (Å²) in [6.45, 7) is 0.119. The van der Waals surface area contributed by atoms with Gasteiger partial charge in [-0.15, -0.1) is 0 Å². The summed E-state index contributed by atoms with van der Waals surface area (Å²) in [5, 5.41) is 16.1. The molecule has 0 aliphatic heterocycles. The number of fused-ring (bicyclic) bond motifs is 1. The van der Waals surface area contributed by atoms with E-state index in [1.807, 2.05) is 30.3 Å². The van der Waals surface area contributed by atoms with E-state index in [1.54, 1.807) is 18.2 Å². The van der Waals surface area contributed by atoms with Crippen molar-refractivity contribution in [1.82, 2.24) is 9.66 Å². The molecule has 0 amide bonds. The van der Waals surface area contributed by atoms with Crippen LogP contribution >= 0.6 is 0 Å². The Bertz CT molecular complexity index is 1800. The number of nitro groups is 1. The molecule has 0 unspecified atom stereocenters. The minimum absolute atomic E-state index is 0.0190. The van der Waals surface area contributed by atoms with E-state index in [4.69, 9.17) is 4.74 Å². The van der Waals surface area contributed by atoms with E-state index >= 15 is 0 Å². The molecule has 0 fully saturated rings. The Morgan fingerprint density at radius 1 is 0.950 bits per heavy atom. The van der Waals surface area contributed by atoms with Gasteiger partial charge in [0.05, 0.1) is 27.6 Å². The number of nitrogens with zero attached hydrogens (tertiary/aromatic N) is 4. The molecule has 40 heavy (non-hydrogen) atoms. The van der Waals surface area contributed by atoms with Gasteiger partial charge in [-0.05, 0) is 42.0 Å². The first-order valence-electron chi connectivity index (χ1n) is 11.9. The Kier molecular flexibility index (Phi) is 7.11. The highest BCUT2D eigenvalue weighted by Gasteiger charge is 2.31. The molecular weight excluding hydrogens is 525 g/mol. The molecular formula is C29H19F3N4O4. The molecule has 200 valence electrons. The smallest absolute Gasteiger partial charge is 0.416 e. The summed E-state index contributed by atoms with van der Waals surface area (Å²) in [5.41, 5.74) is -0.466. The van der Waals surface area contributed by atoms with E-state index < -0.39 is 22.2 Å². The van der Waals surface area contributed by atoms with E-state index in [-0.39, 0.29) is 45.9 Å². The zero-order valence-electron chi connectivity index (χ0n) is 20.6. The number of halogens is 3. The fourth-order valence-electron chi connectivity index (χ4n) is 3.99. The highest BCUT2D eigenvalue weighted by atomic mass is 19.4. The van der Waals surface area contributed by atoms with Crippen molar-refractivity contribution in [2.75, 3.05) is 0 Å². The fourth-order valence-corrected chi connectivity index (χ4v) is 3.99. The number of alkyl halides is 3. The number of rotatable bonds is 7. The van der Waals surface area contributed by atoms with Crippen LogP contribution < -0.4 is 10.3 Å². The Morgan fingerprint density at radius 3 is 2.45 bits per heavy atom. The lowest BCUT2D eigenvalue weighted by Crippen LogP contribution is -2.20. The second kappa shape index (κ2) is 10.8. The minimum atomic E-state index is -4.61. The number of benzene rings is 4. The number of aromatic nitrogens is 2. The monoisotopic (exact) mass is 544 g/mol. The Labute approximate surface area is 224 Å². The van der Waals surface area contributed by atoms with Gasteiger partial charge >= 0.3 is 11.9 Å². The average Bonchev–Trinajstić information content (AvgIpc) is 2.96. The summed E-state index contributed by atoms with van der Waals surface area (Å²) in [7, 11) is 0. The van der Waals surface area contributed by atoms with Gasteiger partial charge < -0.3 is 4.74 Å². The van der Waals surface area contributed by atoms with Gasteiger partial charge in [-0.25, -0.2) is 4.98 Å². The molecule has 1 heterocycles. The van der Waals surface area contributed by atoms with Crippen molar-refractivity contribution in [1.29, 1.82) is 0 Å². The molecule has 0 aliphatic rings. The van der Waals surface area contributed by atoms with Crippen molar-refractivity contribution in [3.63, 3.8) is 0 Å². The van der Waals surface area contributed by atoms with Crippen LogP contribution in [0.3, 0.4) is 0 Å². The topological polar surface area (TPSA) is 99.6 Å². The predicted molar refractivity (Wildman–Crippen MR) is 143 cm³/mol. The van der Waals surface area contributed by atoms with Gasteiger partial charge in [0.15, 0.2) is 11.6 Å². The number of para-hydroxylation sites is 1. The Morgan fingerprint density at radius 2 is 1.70 bits per heavy atom.